The summed E-state index contributed by atoms with van der Waals surface area (Å²) >= 11 is 0. The predicted molar refractivity (Wildman–Crippen MR) is 100 cm³/mol. The zero-order valence-electron chi connectivity index (χ0n) is 16.4. The number of aromatic nitrogens is 5. The van der Waals surface area contributed by atoms with Crippen LogP contribution in [0.2, 0.25) is 0 Å². The molecule has 2 unspecified atom stereocenters. The van der Waals surface area contributed by atoms with Gasteiger partial charge in [0.05, 0.1) is 42.1 Å². The Morgan fingerprint density at radius 3 is 2.53 bits per heavy atom. The Kier molecular flexibility index (Phi) is 4.79. The van der Waals surface area contributed by atoms with Crippen LogP contribution in [0.15, 0.2) is 43.0 Å². The van der Waals surface area contributed by atoms with Crippen LogP contribution < -0.4 is 4.74 Å². The molecule has 2 fully saturated rings. The molecule has 8 nitrogen and oxygen atoms in total. The van der Waals surface area contributed by atoms with Crippen molar-refractivity contribution in [1.82, 2.24) is 29.9 Å². The zero-order valence-corrected chi connectivity index (χ0v) is 16.4. The van der Waals surface area contributed by atoms with Gasteiger partial charge in [0.1, 0.15) is 11.9 Å². The van der Waals surface area contributed by atoms with E-state index >= 15 is 0 Å². The van der Waals surface area contributed by atoms with E-state index in [4.69, 9.17) is 4.74 Å². The summed E-state index contributed by atoms with van der Waals surface area (Å²) in [5.41, 5.74) is -0.655. The van der Waals surface area contributed by atoms with Gasteiger partial charge in [-0.05, 0) is 37.0 Å². The van der Waals surface area contributed by atoms with Gasteiger partial charge in [-0.2, -0.15) is 28.2 Å². The van der Waals surface area contributed by atoms with Crippen molar-refractivity contribution in [2.24, 2.45) is 5.92 Å². The summed E-state index contributed by atoms with van der Waals surface area (Å²) in [7, 11) is 0. The SMILES string of the molecule is O=C(c1cc(F)ccc1-n1nccn1)N1CC2CC1[C@@H](Oc1cnc(C(F)(F)F)cn1)C2. The molecule has 1 aliphatic heterocycles. The molecule has 3 aromatic rings. The van der Waals surface area contributed by atoms with Crippen LogP contribution in [0, 0.1) is 11.7 Å². The quantitative estimate of drug-likeness (QED) is 0.571. The van der Waals surface area contributed by atoms with E-state index in [-0.39, 0.29) is 23.4 Å². The van der Waals surface area contributed by atoms with Crippen LogP contribution in [0.4, 0.5) is 17.6 Å². The monoisotopic (exact) mass is 448 g/mol. The standard InChI is InChI=1S/C20H16F4N6O2/c21-12-1-2-14(30-27-3-4-28-30)13(7-12)19(31)29-10-11-5-15(29)16(6-11)32-18-9-25-17(8-26-18)20(22,23)24/h1-4,7-9,11,15-16H,5-6,10H2/t11?,15?,16-/m0/s1. The summed E-state index contributed by atoms with van der Waals surface area (Å²) in [6.45, 7) is 0.477. The zero-order chi connectivity index (χ0) is 22.5. The van der Waals surface area contributed by atoms with E-state index in [1.54, 1.807) is 4.90 Å². The number of alkyl halides is 3. The second-order valence-electron chi connectivity index (χ2n) is 7.74. The smallest absolute Gasteiger partial charge is 0.434 e. The molecule has 2 aromatic heterocycles. The van der Waals surface area contributed by atoms with Gasteiger partial charge in [0.15, 0.2) is 5.69 Å². The van der Waals surface area contributed by atoms with Gasteiger partial charge in [-0.25, -0.2) is 14.4 Å². The highest BCUT2D eigenvalue weighted by molar-refractivity contribution is 5.98. The van der Waals surface area contributed by atoms with Crippen molar-refractivity contribution in [3.05, 3.63) is 60.1 Å². The Bertz CT molecular complexity index is 1140. The van der Waals surface area contributed by atoms with E-state index in [1.807, 2.05) is 0 Å². The van der Waals surface area contributed by atoms with E-state index in [0.717, 1.165) is 12.3 Å². The van der Waals surface area contributed by atoms with Gasteiger partial charge in [0.25, 0.3) is 5.91 Å². The van der Waals surface area contributed by atoms with Gasteiger partial charge < -0.3 is 9.64 Å². The minimum Gasteiger partial charge on any atom is -0.471 e. The lowest BCUT2D eigenvalue weighted by atomic mass is 10.1. The summed E-state index contributed by atoms with van der Waals surface area (Å²) < 4.78 is 57.8. The molecule has 1 aromatic carbocycles. The first-order valence-corrected chi connectivity index (χ1v) is 9.82. The number of halogens is 4. The molecule has 3 atom stereocenters. The number of piperidine rings is 1. The third kappa shape index (κ3) is 3.65. The van der Waals surface area contributed by atoms with E-state index in [2.05, 4.69) is 20.2 Å². The molecule has 3 heterocycles. The minimum absolute atomic E-state index is 0.0462. The largest absolute Gasteiger partial charge is 0.471 e. The first-order valence-electron chi connectivity index (χ1n) is 9.82. The van der Waals surface area contributed by atoms with Crippen molar-refractivity contribution in [3.63, 3.8) is 0 Å². The fourth-order valence-electron chi connectivity index (χ4n) is 4.35. The summed E-state index contributed by atoms with van der Waals surface area (Å²) in [5, 5.41) is 8.04. The summed E-state index contributed by atoms with van der Waals surface area (Å²) in [4.78, 5) is 23.2. The van der Waals surface area contributed by atoms with Crippen molar-refractivity contribution < 1.29 is 27.1 Å². The Hall–Kier alpha value is -3.57. The number of likely N-dealkylation sites (tertiary alicyclic amines) is 1. The molecule has 0 N–H and O–H groups in total. The number of benzene rings is 1. The third-order valence-electron chi connectivity index (χ3n) is 5.70. The van der Waals surface area contributed by atoms with Gasteiger partial charge in [0.2, 0.25) is 5.88 Å². The molecule has 2 bridgehead atoms. The van der Waals surface area contributed by atoms with Crippen molar-refractivity contribution >= 4 is 5.91 Å². The Labute approximate surface area is 178 Å². The first-order chi connectivity index (χ1) is 15.3. The van der Waals surface area contributed by atoms with Crippen molar-refractivity contribution in [2.75, 3.05) is 6.54 Å². The van der Waals surface area contributed by atoms with Gasteiger partial charge >= 0.3 is 6.18 Å². The van der Waals surface area contributed by atoms with Crippen molar-refractivity contribution in [3.8, 4) is 11.6 Å². The Morgan fingerprint density at radius 1 is 1.09 bits per heavy atom. The predicted octanol–water partition coefficient (Wildman–Crippen LogP) is 2.90. The maximum Gasteiger partial charge on any atom is 0.434 e. The number of amides is 1. The molecule has 12 heteroatoms. The Morgan fingerprint density at radius 2 is 1.88 bits per heavy atom. The summed E-state index contributed by atoms with van der Waals surface area (Å²) in [6, 6.07) is 3.48. The molecule has 1 aliphatic carbocycles. The summed E-state index contributed by atoms with van der Waals surface area (Å²) in [5.74, 6) is -0.844. The number of fused-ring (bicyclic) bond motifs is 2. The van der Waals surface area contributed by atoms with Crippen LogP contribution in [0.5, 0.6) is 5.88 Å². The van der Waals surface area contributed by atoms with Gasteiger partial charge in [-0.15, -0.1) is 0 Å². The van der Waals surface area contributed by atoms with Crippen LogP contribution in [-0.4, -0.2) is 54.5 Å². The number of hydrogen-bond donors (Lipinski definition) is 0. The van der Waals surface area contributed by atoms with Gasteiger partial charge in [-0.3, -0.25) is 4.79 Å². The number of carbonyl (C=O) groups is 1. The van der Waals surface area contributed by atoms with E-state index in [9.17, 15) is 22.4 Å². The van der Waals surface area contributed by atoms with Crippen LogP contribution in [0.25, 0.3) is 5.69 Å². The topological polar surface area (TPSA) is 86.0 Å². The van der Waals surface area contributed by atoms with Crippen LogP contribution in [0.3, 0.4) is 0 Å². The fourth-order valence-corrected chi connectivity index (χ4v) is 4.35. The van der Waals surface area contributed by atoms with E-state index in [0.29, 0.717) is 31.3 Å². The highest BCUT2D eigenvalue weighted by Crippen LogP contribution is 2.40. The molecular formula is C20H16F4N6O2. The van der Waals surface area contributed by atoms with Gasteiger partial charge in [0, 0.05) is 6.54 Å². The second kappa shape index (κ2) is 7.53. The lowest BCUT2D eigenvalue weighted by molar-refractivity contribution is -0.141. The molecule has 1 amide bonds. The molecule has 32 heavy (non-hydrogen) atoms. The maximum atomic E-state index is 14.0. The average Bonchev–Trinajstić information content (AvgIpc) is 3.50. The van der Waals surface area contributed by atoms with Crippen molar-refractivity contribution in [1.29, 1.82) is 0 Å². The molecular weight excluding hydrogens is 432 g/mol. The normalized spacial score (nSPS) is 22.4. The maximum absolute atomic E-state index is 14.0. The fraction of sp³-hybridized carbons (Fsp3) is 0.350. The van der Waals surface area contributed by atoms with Crippen molar-refractivity contribution in [2.45, 2.75) is 31.2 Å². The molecule has 1 saturated carbocycles. The third-order valence-corrected chi connectivity index (χ3v) is 5.70. The number of carbonyl (C=O) groups excluding carboxylic acids is 1. The van der Waals surface area contributed by atoms with E-state index < -0.39 is 29.7 Å². The molecule has 166 valence electrons. The van der Waals surface area contributed by atoms with Crippen LogP contribution >= 0.6 is 0 Å². The van der Waals surface area contributed by atoms with Crippen LogP contribution in [-0.2, 0) is 6.18 Å². The molecule has 0 radical (unpaired) electrons. The lowest BCUT2D eigenvalue weighted by Crippen LogP contribution is -2.47. The first kappa shape index (κ1) is 20.3. The molecule has 0 spiro atoms. The number of nitrogens with zero attached hydrogens (tertiary/aromatic N) is 6. The molecule has 5 rings (SSSR count). The summed E-state index contributed by atoms with van der Waals surface area (Å²) in [6.07, 6.45) is 0.699. The number of ether oxygens (including phenoxy) is 1. The Balaban J connectivity index is 1.37. The van der Waals surface area contributed by atoms with E-state index in [1.165, 1.54) is 29.3 Å². The van der Waals surface area contributed by atoms with Gasteiger partial charge in [-0.1, -0.05) is 0 Å². The average molecular weight is 448 g/mol. The number of hydrogen-bond acceptors (Lipinski definition) is 6. The lowest BCUT2D eigenvalue weighted by Gasteiger charge is -2.33. The highest BCUT2D eigenvalue weighted by atomic mass is 19.4. The highest BCUT2D eigenvalue weighted by Gasteiger charge is 2.49. The molecule has 2 aliphatic rings. The second-order valence-corrected chi connectivity index (χ2v) is 7.74. The minimum atomic E-state index is -4.59. The molecule has 1 saturated heterocycles. The van der Waals surface area contributed by atoms with Crippen LogP contribution in [0.1, 0.15) is 28.9 Å². The number of rotatable bonds is 4.